The number of H-pyrrole nitrogens is 1. The first-order valence-corrected chi connectivity index (χ1v) is 10.9. The van der Waals surface area contributed by atoms with E-state index in [4.69, 9.17) is 9.47 Å². The number of nitrogens with zero attached hydrogens (tertiary/aromatic N) is 3. The van der Waals surface area contributed by atoms with Gasteiger partial charge in [0.2, 0.25) is 12.7 Å². The summed E-state index contributed by atoms with van der Waals surface area (Å²) in [5.41, 5.74) is 1.44. The minimum Gasteiger partial charge on any atom is -0.454 e. The third-order valence-corrected chi connectivity index (χ3v) is 5.74. The van der Waals surface area contributed by atoms with Crippen LogP contribution in [0, 0.1) is 0 Å². The summed E-state index contributed by atoms with van der Waals surface area (Å²) in [7, 11) is 0. The van der Waals surface area contributed by atoms with Crippen LogP contribution in [0.4, 0.5) is 5.82 Å². The lowest BCUT2D eigenvalue weighted by Gasteiger charge is -2.09. The molecule has 0 atom stereocenters. The van der Waals surface area contributed by atoms with Crippen LogP contribution < -0.4 is 20.3 Å². The molecular formula is C22H19N5O4S. The molecule has 5 rings (SSSR count). The summed E-state index contributed by atoms with van der Waals surface area (Å²) < 4.78 is 12.1. The van der Waals surface area contributed by atoms with Crippen LogP contribution in [0.15, 0.2) is 52.6 Å². The van der Waals surface area contributed by atoms with Gasteiger partial charge in [0, 0.05) is 23.4 Å². The van der Waals surface area contributed by atoms with E-state index in [-0.39, 0.29) is 24.2 Å². The minimum absolute atomic E-state index is 0.129. The number of fused-ring (bicyclic) bond motifs is 1. The summed E-state index contributed by atoms with van der Waals surface area (Å²) in [6, 6.07) is 12.1. The number of nitrogens with one attached hydrogen (secondary N) is 2. The number of rotatable bonds is 6. The molecule has 0 fully saturated rings. The van der Waals surface area contributed by atoms with Crippen molar-refractivity contribution in [3.63, 3.8) is 0 Å². The highest BCUT2D eigenvalue weighted by Crippen LogP contribution is 2.33. The van der Waals surface area contributed by atoms with E-state index in [1.165, 1.54) is 22.1 Å². The van der Waals surface area contributed by atoms with Gasteiger partial charge in [-0.15, -0.1) is 11.3 Å². The van der Waals surface area contributed by atoms with E-state index in [0.717, 1.165) is 11.3 Å². The first kappa shape index (κ1) is 20.0. The van der Waals surface area contributed by atoms with Crippen molar-refractivity contribution in [2.75, 3.05) is 12.1 Å². The van der Waals surface area contributed by atoms with Crippen LogP contribution in [-0.4, -0.2) is 32.4 Å². The highest BCUT2D eigenvalue weighted by atomic mass is 32.1. The van der Waals surface area contributed by atoms with E-state index >= 15 is 0 Å². The third kappa shape index (κ3) is 3.87. The number of benzene rings is 1. The number of carbonyl (C=O) groups is 1. The molecule has 4 heterocycles. The molecule has 3 aromatic heterocycles. The number of amides is 1. The molecule has 0 unspecified atom stereocenters. The maximum absolute atomic E-state index is 13.0. The standard InChI is InChI=1S/C22H19N5O4S/c1-2-4-14-10-20(28)25-22(23-14)27-19(11-15(26-27)18-5-3-8-32-18)24-21(29)13-6-7-16-17(9-13)31-12-30-16/h3,5-11H,2,4,12H2,1H3,(H,24,29)(H,23,25,28). The number of hydrogen-bond donors (Lipinski definition) is 2. The maximum Gasteiger partial charge on any atom is 0.256 e. The monoisotopic (exact) mass is 449 g/mol. The van der Waals surface area contributed by atoms with Crippen LogP contribution in [-0.2, 0) is 6.42 Å². The first-order valence-electron chi connectivity index (χ1n) is 10.1. The second-order valence-electron chi connectivity index (χ2n) is 7.14. The highest BCUT2D eigenvalue weighted by molar-refractivity contribution is 7.13. The number of thiophene rings is 1. The van der Waals surface area contributed by atoms with Crippen molar-refractivity contribution >= 4 is 23.1 Å². The summed E-state index contributed by atoms with van der Waals surface area (Å²) in [6.07, 6.45) is 1.51. The van der Waals surface area contributed by atoms with E-state index in [0.29, 0.717) is 40.7 Å². The molecule has 0 spiro atoms. The lowest BCUT2D eigenvalue weighted by atomic mass is 10.2. The van der Waals surface area contributed by atoms with Gasteiger partial charge in [-0.1, -0.05) is 19.4 Å². The topological polar surface area (TPSA) is 111 Å². The fourth-order valence-electron chi connectivity index (χ4n) is 3.38. The Bertz CT molecular complexity index is 1340. The summed E-state index contributed by atoms with van der Waals surface area (Å²) in [5, 5.41) is 9.43. The van der Waals surface area contributed by atoms with Crippen LogP contribution in [0.3, 0.4) is 0 Å². The Morgan fingerprint density at radius 2 is 2.09 bits per heavy atom. The van der Waals surface area contributed by atoms with Crippen LogP contribution >= 0.6 is 11.3 Å². The zero-order chi connectivity index (χ0) is 22.1. The number of ether oxygens (including phenoxy) is 2. The Labute approximate surface area is 186 Å². The molecule has 32 heavy (non-hydrogen) atoms. The molecule has 0 saturated carbocycles. The van der Waals surface area contributed by atoms with Crippen LogP contribution in [0.1, 0.15) is 29.4 Å². The predicted molar refractivity (Wildman–Crippen MR) is 120 cm³/mol. The van der Waals surface area contributed by atoms with Crippen molar-refractivity contribution in [1.29, 1.82) is 0 Å². The fraction of sp³-hybridized carbons (Fsp3) is 0.182. The van der Waals surface area contributed by atoms with Crippen LogP contribution in [0.25, 0.3) is 16.5 Å². The number of carbonyl (C=O) groups excluding carboxylic acids is 1. The van der Waals surface area contributed by atoms with E-state index in [1.54, 1.807) is 24.3 Å². The minimum atomic E-state index is -0.353. The average molecular weight is 449 g/mol. The van der Waals surface area contributed by atoms with Crippen molar-refractivity contribution in [3.8, 4) is 28.0 Å². The Hall–Kier alpha value is -3.92. The lowest BCUT2D eigenvalue weighted by Crippen LogP contribution is -2.19. The zero-order valence-corrected chi connectivity index (χ0v) is 17.9. The van der Waals surface area contributed by atoms with Gasteiger partial charge in [-0.3, -0.25) is 14.6 Å². The predicted octanol–water partition coefficient (Wildman–Crippen LogP) is 3.62. The summed E-state index contributed by atoms with van der Waals surface area (Å²) in [6.45, 7) is 2.15. The van der Waals surface area contributed by atoms with Crippen molar-refractivity contribution < 1.29 is 14.3 Å². The van der Waals surface area contributed by atoms with E-state index in [1.807, 2.05) is 24.4 Å². The molecule has 1 aliphatic rings. The van der Waals surface area contributed by atoms with Crippen molar-refractivity contribution in [2.24, 2.45) is 0 Å². The van der Waals surface area contributed by atoms with Crippen LogP contribution in [0.2, 0.25) is 0 Å². The first-order chi connectivity index (χ1) is 15.6. The van der Waals surface area contributed by atoms with Gasteiger partial charge in [0.25, 0.3) is 11.5 Å². The molecule has 1 amide bonds. The van der Waals surface area contributed by atoms with Gasteiger partial charge in [-0.25, -0.2) is 4.98 Å². The Morgan fingerprint density at radius 3 is 2.91 bits per heavy atom. The number of aromatic nitrogens is 4. The second-order valence-corrected chi connectivity index (χ2v) is 8.08. The van der Waals surface area contributed by atoms with E-state index < -0.39 is 0 Å². The normalized spacial score (nSPS) is 12.2. The van der Waals surface area contributed by atoms with Gasteiger partial charge in [-0.2, -0.15) is 9.78 Å². The molecule has 0 radical (unpaired) electrons. The zero-order valence-electron chi connectivity index (χ0n) is 17.1. The molecule has 162 valence electrons. The van der Waals surface area contributed by atoms with Crippen molar-refractivity contribution in [3.05, 3.63) is 69.5 Å². The largest absolute Gasteiger partial charge is 0.454 e. The Morgan fingerprint density at radius 1 is 1.22 bits per heavy atom. The van der Waals surface area contributed by atoms with Gasteiger partial charge in [0.05, 0.1) is 4.88 Å². The average Bonchev–Trinajstić information content (AvgIpc) is 3.53. The molecule has 9 nitrogen and oxygen atoms in total. The fourth-order valence-corrected chi connectivity index (χ4v) is 4.06. The Balaban J connectivity index is 1.54. The molecule has 0 aliphatic carbocycles. The molecule has 0 bridgehead atoms. The lowest BCUT2D eigenvalue weighted by molar-refractivity contribution is 0.102. The summed E-state index contributed by atoms with van der Waals surface area (Å²) >= 11 is 1.53. The van der Waals surface area contributed by atoms with Crippen molar-refractivity contribution in [1.82, 2.24) is 19.7 Å². The van der Waals surface area contributed by atoms with Gasteiger partial charge in [-0.05, 0) is 36.1 Å². The van der Waals surface area contributed by atoms with Gasteiger partial charge >= 0.3 is 0 Å². The highest BCUT2D eigenvalue weighted by Gasteiger charge is 2.20. The third-order valence-electron chi connectivity index (χ3n) is 4.85. The smallest absolute Gasteiger partial charge is 0.256 e. The van der Waals surface area contributed by atoms with Crippen LogP contribution in [0.5, 0.6) is 11.5 Å². The number of aryl methyl sites for hydroxylation is 1. The molecule has 10 heteroatoms. The molecule has 1 aliphatic heterocycles. The quantitative estimate of drug-likeness (QED) is 0.465. The molecule has 4 aromatic rings. The van der Waals surface area contributed by atoms with Gasteiger partial charge < -0.3 is 14.8 Å². The summed E-state index contributed by atoms with van der Waals surface area (Å²) in [5.74, 6) is 1.39. The molecule has 0 saturated heterocycles. The van der Waals surface area contributed by atoms with E-state index in [2.05, 4.69) is 20.4 Å². The molecular weight excluding hydrogens is 430 g/mol. The van der Waals surface area contributed by atoms with Gasteiger partial charge in [0.1, 0.15) is 11.5 Å². The summed E-state index contributed by atoms with van der Waals surface area (Å²) in [4.78, 5) is 33.4. The van der Waals surface area contributed by atoms with E-state index in [9.17, 15) is 9.59 Å². The SMILES string of the molecule is CCCc1cc(=O)[nH]c(-n2nc(-c3cccs3)cc2NC(=O)c2ccc3c(c2)OCO3)n1. The second kappa shape index (κ2) is 8.31. The van der Waals surface area contributed by atoms with Gasteiger partial charge in [0.15, 0.2) is 11.5 Å². The van der Waals surface area contributed by atoms with Crippen molar-refractivity contribution in [2.45, 2.75) is 19.8 Å². The molecule has 1 aromatic carbocycles. The number of anilines is 1. The number of hydrogen-bond acceptors (Lipinski definition) is 7. The Kier molecular flexibility index (Phi) is 5.20. The molecule has 2 N–H and O–H groups in total. The number of aromatic amines is 1. The maximum atomic E-state index is 13.0.